The van der Waals surface area contributed by atoms with Gasteiger partial charge < -0.3 is 9.84 Å². The molecule has 1 aromatic carbocycles. The minimum atomic E-state index is -0.352. The van der Waals surface area contributed by atoms with Gasteiger partial charge in [0.2, 0.25) is 17.7 Å². The summed E-state index contributed by atoms with van der Waals surface area (Å²) < 4.78 is 18.0. The zero-order valence-electron chi connectivity index (χ0n) is 14.7. The van der Waals surface area contributed by atoms with Crippen LogP contribution in [-0.2, 0) is 10.5 Å². The summed E-state index contributed by atoms with van der Waals surface area (Å²) in [7, 11) is 0. The van der Waals surface area contributed by atoms with Crippen LogP contribution in [-0.4, -0.2) is 31.8 Å². The molecular weight excluding hydrogens is 371 g/mol. The predicted octanol–water partition coefficient (Wildman–Crippen LogP) is 3.23. The quantitative estimate of drug-likeness (QED) is 0.635. The van der Waals surface area contributed by atoms with Crippen molar-refractivity contribution >= 4 is 35.3 Å². The normalized spacial score (nSPS) is 10.6. The molecule has 140 valence electrons. The van der Waals surface area contributed by atoms with Crippen molar-refractivity contribution in [1.82, 2.24) is 20.1 Å². The smallest absolute Gasteiger partial charge is 0.270 e. The van der Waals surface area contributed by atoms with E-state index in [-0.39, 0.29) is 23.4 Å². The average Bonchev–Trinajstić information content (AvgIpc) is 3.03. The highest BCUT2D eigenvalue weighted by molar-refractivity contribution is 7.99. The number of aryl methyl sites for hydroxylation is 2. The molecule has 8 nitrogen and oxygen atoms in total. The first-order valence-corrected chi connectivity index (χ1v) is 9.18. The number of hydrogen-bond acceptors (Lipinski definition) is 8. The molecule has 3 aromatic rings. The van der Waals surface area contributed by atoms with Gasteiger partial charge in [0.15, 0.2) is 0 Å². The maximum absolute atomic E-state index is 12.8. The van der Waals surface area contributed by atoms with Gasteiger partial charge in [-0.05, 0) is 49.3 Å². The lowest BCUT2D eigenvalue weighted by Gasteiger charge is -2.04. The van der Waals surface area contributed by atoms with Crippen molar-refractivity contribution in [3.63, 3.8) is 0 Å². The number of nitrogens with zero attached hydrogens (tertiary/aromatic N) is 4. The fourth-order valence-corrected chi connectivity index (χ4v) is 2.86. The molecule has 0 saturated carbocycles. The van der Waals surface area contributed by atoms with Crippen molar-refractivity contribution < 1.29 is 13.7 Å². The van der Waals surface area contributed by atoms with Gasteiger partial charge in [0.1, 0.15) is 5.82 Å². The monoisotopic (exact) mass is 388 g/mol. The van der Waals surface area contributed by atoms with Crippen molar-refractivity contribution in [2.24, 2.45) is 0 Å². The Bertz CT molecular complexity index is 911. The van der Waals surface area contributed by atoms with Crippen LogP contribution in [0.25, 0.3) is 0 Å². The Morgan fingerprint density at radius 2 is 1.81 bits per heavy atom. The lowest BCUT2D eigenvalue weighted by molar-refractivity contribution is -0.113. The summed E-state index contributed by atoms with van der Waals surface area (Å²) in [5.41, 5.74) is 2.20. The van der Waals surface area contributed by atoms with Crippen LogP contribution >= 0.6 is 11.8 Å². The van der Waals surface area contributed by atoms with Crippen molar-refractivity contribution in [3.8, 4) is 0 Å². The minimum absolute atomic E-state index is 0.197. The van der Waals surface area contributed by atoms with Crippen LogP contribution in [0.4, 0.5) is 22.0 Å². The van der Waals surface area contributed by atoms with Gasteiger partial charge in [-0.25, -0.2) is 14.4 Å². The van der Waals surface area contributed by atoms with E-state index in [0.29, 0.717) is 23.3 Å². The van der Waals surface area contributed by atoms with Crippen molar-refractivity contribution in [1.29, 1.82) is 0 Å². The molecule has 27 heavy (non-hydrogen) atoms. The predicted molar refractivity (Wildman–Crippen MR) is 100 cm³/mol. The highest BCUT2D eigenvalue weighted by atomic mass is 32.2. The SMILES string of the molecule is Cc1cc(C)nc(Nc2noc(CSCC(=O)Nc3ccc(F)cc3)n2)n1. The Balaban J connectivity index is 1.46. The van der Waals surface area contributed by atoms with E-state index < -0.39 is 0 Å². The van der Waals surface area contributed by atoms with E-state index in [0.717, 1.165) is 11.4 Å². The third-order valence-corrected chi connectivity index (χ3v) is 4.18. The molecule has 0 bridgehead atoms. The number of carbonyl (C=O) groups excluding carboxylic acids is 1. The molecule has 0 aliphatic heterocycles. The van der Waals surface area contributed by atoms with Gasteiger partial charge in [-0.2, -0.15) is 4.98 Å². The molecule has 0 fully saturated rings. The summed E-state index contributed by atoms with van der Waals surface area (Å²) in [6.07, 6.45) is 0. The number of anilines is 3. The molecule has 10 heteroatoms. The second kappa shape index (κ2) is 8.58. The minimum Gasteiger partial charge on any atom is -0.336 e. The van der Waals surface area contributed by atoms with Crippen molar-refractivity contribution in [2.75, 3.05) is 16.4 Å². The molecule has 2 heterocycles. The maximum Gasteiger partial charge on any atom is 0.270 e. The highest BCUT2D eigenvalue weighted by Crippen LogP contribution is 2.15. The van der Waals surface area contributed by atoms with E-state index in [4.69, 9.17) is 4.52 Å². The zero-order valence-corrected chi connectivity index (χ0v) is 15.5. The van der Waals surface area contributed by atoms with Crippen LogP contribution in [0.1, 0.15) is 17.3 Å². The number of amides is 1. The molecule has 0 saturated heterocycles. The van der Waals surface area contributed by atoms with Gasteiger partial charge in [-0.1, -0.05) is 0 Å². The van der Waals surface area contributed by atoms with Crippen LogP contribution in [0.5, 0.6) is 0 Å². The summed E-state index contributed by atoms with van der Waals surface area (Å²) in [4.78, 5) is 24.6. The molecule has 0 radical (unpaired) electrons. The van der Waals surface area contributed by atoms with E-state index in [1.54, 1.807) is 0 Å². The number of hydrogen-bond donors (Lipinski definition) is 2. The average molecular weight is 388 g/mol. The summed E-state index contributed by atoms with van der Waals surface area (Å²) in [6.45, 7) is 3.74. The first-order chi connectivity index (χ1) is 13.0. The number of thioether (sulfide) groups is 1. The first-order valence-electron chi connectivity index (χ1n) is 8.03. The topological polar surface area (TPSA) is 106 Å². The van der Waals surface area contributed by atoms with Gasteiger partial charge in [0.05, 0.1) is 11.5 Å². The van der Waals surface area contributed by atoms with E-state index in [1.807, 2.05) is 19.9 Å². The standard InChI is InChI=1S/C17H17FN6O2S/c1-10-7-11(2)20-16(19-10)23-17-22-15(26-24-17)9-27-8-14(25)21-13-5-3-12(18)4-6-13/h3-7H,8-9H2,1-2H3,(H,21,25)(H,19,20,23,24). The van der Waals surface area contributed by atoms with Crippen LogP contribution in [0.2, 0.25) is 0 Å². The lowest BCUT2D eigenvalue weighted by atomic mass is 10.3. The Morgan fingerprint density at radius 3 is 2.52 bits per heavy atom. The van der Waals surface area contributed by atoms with Gasteiger partial charge in [-0.3, -0.25) is 10.1 Å². The summed E-state index contributed by atoms with van der Waals surface area (Å²) in [6, 6.07) is 7.44. The molecule has 0 unspecified atom stereocenters. The number of aromatic nitrogens is 4. The Kier molecular flexibility index (Phi) is 5.97. The number of rotatable bonds is 7. The van der Waals surface area contributed by atoms with E-state index in [9.17, 15) is 9.18 Å². The van der Waals surface area contributed by atoms with Crippen LogP contribution in [0, 0.1) is 19.7 Å². The van der Waals surface area contributed by atoms with Crippen LogP contribution < -0.4 is 10.6 Å². The number of nitrogens with one attached hydrogen (secondary N) is 2. The fraction of sp³-hybridized carbons (Fsp3) is 0.235. The highest BCUT2D eigenvalue weighted by Gasteiger charge is 2.10. The fourth-order valence-electron chi connectivity index (χ4n) is 2.21. The molecule has 3 rings (SSSR count). The third kappa shape index (κ3) is 5.74. The van der Waals surface area contributed by atoms with E-state index in [2.05, 4.69) is 30.7 Å². The van der Waals surface area contributed by atoms with Gasteiger partial charge in [-0.15, -0.1) is 11.8 Å². The molecule has 0 aliphatic rings. The molecule has 0 atom stereocenters. The van der Waals surface area contributed by atoms with Gasteiger partial charge in [0.25, 0.3) is 5.95 Å². The second-order valence-corrected chi connectivity index (χ2v) is 6.64. The summed E-state index contributed by atoms with van der Waals surface area (Å²) in [5, 5.41) is 9.38. The molecule has 2 N–H and O–H groups in total. The lowest BCUT2D eigenvalue weighted by Crippen LogP contribution is -2.14. The van der Waals surface area contributed by atoms with E-state index >= 15 is 0 Å². The zero-order chi connectivity index (χ0) is 19.2. The molecular formula is C17H17FN6O2S. The van der Waals surface area contributed by atoms with Crippen LogP contribution in [0.15, 0.2) is 34.9 Å². The van der Waals surface area contributed by atoms with Crippen LogP contribution in [0.3, 0.4) is 0 Å². The molecule has 0 aliphatic carbocycles. The van der Waals surface area contributed by atoms with Crippen molar-refractivity contribution in [3.05, 3.63) is 53.4 Å². The Hall–Kier alpha value is -3.01. The van der Waals surface area contributed by atoms with E-state index in [1.165, 1.54) is 36.0 Å². The third-order valence-electron chi connectivity index (χ3n) is 3.26. The number of carbonyl (C=O) groups is 1. The molecule has 1 amide bonds. The van der Waals surface area contributed by atoms with Crippen molar-refractivity contribution in [2.45, 2.75) is 19.6 Å². The largest absolute Gasteiger partial charge is 0.336 e. The molecule has 0 spiro atoms. The Labute approximate surface area is 159 Å². The number of benzene rings is 1. The first kappa shape index (κ1) is 18.8. The second-order valence-electron chi connectivity index (χ2n) is 5.66. The maximum atomic E-state index is 12.8. The van der Waals surface area contributed by atoms with Gasteiger partial charge >= 0.3 is 0 Å². The summed E-state index contributed by atoms with van der Waals surface area (Å²) >= 11 is 1.32. The molecule has 2 aromatic heterocycles. The van der Waals surface area contributed by atoms with Gasteiger partial charge in [0, 0.05) is 17.1 Å². The Morgan fingerprint density at radius 1 is 1.11 bits per heavy atom. The summed E-state index contributed by atoms with van der Waals surface area (Å²) in [5.74, 6) is 1.04. The number of halogens is 1.